The number of halogens is 3. The number of nitrogens with one attached hydrogen (secondary N) is 3. The summed E-state index contributed by atoms with van der Waals surface area (Å²) in [4.78, 5) is 135. The van der Waals surface area contributed by atoms with E-state index in [2.05, 4.69) is 149 Å². The largest absolute Gasteiger partial charge is 0.384 e. The lowest BCUT2D eigenvalue weighted by molar-refractivity contribution is -0.116. The topological polar surface area (TPSA) is 324 Å². The van der Waals surface area contributed by atoms with Crippen LogP contribution in [0.25, 0.3) is 55.0 Å². The standard InChI is InChI=1S/2C27H32N6O2S.C17H26ClN3O2.C14H22ClN3O.C3H5ClO/c2*1-5-26(35)31-25-16-19(23(34)11-10-18(4)32(6-2)7-3)15-22(29-25)20-17-28-33-13-12-21(30-27(20)33)24-9-8-14-36-24;1-5-17(23)20-16-11-13(10-15(18)19-16)14(22)9-8-12(4)21(6-2)7-3;1-4-18(5-2)10(3)6-7-12(19)11-8-13(15)17-14(16)9-11;1-2-3(4)5/h2*8-9,12-18H,5-7,10-11H2,1-4H3,(H,29,31,35);10-12H,5-9H2,1-4H3,(H,19,20,23);8-10H,4-7H2,1-3H3,(H2,16,17);2H2,1H3/t2*18-;12-;10-;/m0000./s1. The third-order valence-corrected chi connectivity index (χ3v) is 22.8. The van der Waals surface area contributed by atoms with Gasteiger partial charge in [-0.3, -0.25) is 38.4 Å². The molecule has 3 amide bonds. The number of aromatic nitrogens is 10. The predicted molar refractivity (Wildman–Crippen MR) is 484 cm³/mol. The highest BCUT2D eigenvalue weighted by molar-refractivity contribution is 7.13. The fraction of sp³-hybridized carbons (Fsp3) is 0.455. The minimum atomic E-state index is -0.273. The number of Topliss-reactive ketones (excluding diaryl/α,β-unsaturated/α-hetero) is 4. The Morgan fingerprint density at radius 1 is 0.403 bits per heavy atom. The number of rotatable bonds is 39. The maximum Gasteiger partial charge on any atom is 0.225 e. The molecule has 0 bridgehead atoms. The van der Waals surface area contributed by atoms with Crippen molar-refractivity contribution < 1.29 is 38.4 Å². The van der Waals surface area contributed by atoms with Gasteiger partial charge in [0.1, 0.15) is 33.6 Å². The SMILES string of the molecule is CCC(=O)Cl.CCC(=O)Nc1cc(C(=O)CC[C@H](C)N(CC)CC)cc(-c2cnn3ccc(-c4cccs4)nc23)n1.CCC(=O)Nc1cc(C(=O)CC[C@H](C)N(CC)CC)cc(-c2cnn3ccc(-c4cccs4)nc23)n1.CCC(=O)Nc1cc(C(=O)CC[C@H](C)N(CC)CC)cc(Cl)n1.CCN(CC)[C@@H](C)CCC(=O)c1cc(N)nc(Cl)c1. The third kappa shape index (κ3) is 30.6. The van der Waals surface area contributed by atoms with Crippen LogP contribution in [0.15, 0.2) is 120 Å². The van der Waals surface area contributed by atoms with Crippen LogP contribution in [0.1, 0.15) is 229 Å². The zero-order valence-electron chi connectivity index (χ0n) is 71.6. The summed E-state index contributed by atoms with van der Waals surface area (Å²) in [6.45, 7) is 40.4. The van der Waals surface area contributed by atoms with Gasteiger partial charge in [-0.2, -0.15) is 10.2 Å². The van der Waals surface area contributed by atoms with E-state index in [0.29, 0.717) is 149 Å². The van der Waals surface area contributed by atoms with Crippen LogP contribution in [0.4, 0.5) is 23.3 Å². The average Bonchev–Trinajstić information content (AvgIpc) is 1.65. The van der Waals surface area contributed by atoms with Gasteiger partial charge in [0.25, 0.3) is 0 Å². The van der Waals surface area contributed by atoms with E-state index >= 15 is 0 Å². The molecule has 10 rings (SSSR count). The average molecular weight is 1730 g/mol. The molecule has 640 valence electrons. The predicted octanol–water partition coefficient (Wildman–Crippen LogP) is 19.1. The molecule has 0 aromatic carbocycles. The maximum atomic E-state index is 13.3. The summed E-state index contributed by atoms with van der Waals surface area (Å²) >= 11 is 19.8. The molecule has 0 radical (unpaired) electrons. The molecule has 0 unspecified atom stereocenters. The first-order valence-electron chi connectivity index (χ1n) is 41.1. The number of ketones is 4. The third-order valence-electron chi connectivity index (χ3n) is 20.3. The molecule has 0 fully saturated rings. The number of hydrogen-bond donors (Lipinski definition) is 4. The number of nitrogens with zero attached hydrogens (tertiary/aromatic N) is 14. The van der Waals surface area contributed by atoms with Gasteiger partial charge in [-0.1, -0.05) is 118 Å². The summed E-state index contributed by atoms with van der Waals surface area (Å²) in [7, 11) is 0. The number of anilines is 4. The van der Waals surface area contributed by atoms with Crippen molar-refractivity contribution in [2.45, 2.75) is 212 Å². The van der Waals surface area contributed by atoms with Gasteiger partial charge >= 0.3 is 0 Å². The maximum absolute atomic E-state index is 13.3. The van der Waals surface area contributed by atoms with Crippen LogP contribution in [0.5, 0.6) is 0 Å². The van der Waals surface area contributed by atoms with Crippen molar-refractivity contribution in [1.82, 2.24) is 68.7 Å². The van der Waals surface area contributed by atoms with Crippen molar-refractivity contribution in [3.05, 3.63) is 153 Å². The molecule has 5 N–H and O–H groups in total. The van der Waals surface area contributed by atoms with Gasteiger partial charge in [0.05, 0.1) is 56.1 Å². The molecule has 0 saturated carbocycles. The first-order valence-corrected chi connectivity index (χ1v) is 44.0. The number of hydrogen-bond acceptors (Lipinski definition) is 23. The van der Waals surface area contributed by atoms with Crippen LogP contribution >= 0.6 is 57.5 Å². The Balaban J connectivity index is 0.000000249. The quantitative estimate of drug-likeness (QED) is 0.0158. The van der Waals surface area contributed by atoms with Crippen molar-refractivity contribution in [2.75, 3.05) is 74.0 Å². The highest BCUT2D eigenvalue weighted by Crippen LogP contribution is 2.32. The zero-order chi connectivity index (χ0) is 87.4. The number of pyridine rings is 4. The Hall–Kier alpha value is -9.49. The molecular weight excluding hydrogens is 1610 g/mol. The fourth-order valence-electron chi connectivity index (χ4n) is 13.2. The molecule has 31 heteroatoms. The molecule has 0 saturated heterocycles. The monoisotopic (exact) mass is 1720 g/mol. The number of amides is 3. The Morgan fingerprint density at radius 2 is 0.706 bits per heavy atom. The van der Waals surface area contributed by atoms with Crippen LogP contribution in [0.3, 0.4) is 0 Å². The lowest BCUT2D eigenvalue weighted by Crippen LogP contribution is -2.33. The van der Waals surface area contributed by atoms with Gasteiger partial charge in [-0.05, 0) is 201 Å². The van der Waals surface area contributed by atoms with Gasteiger partial charge in [0.2, 0.25) is 23.0 Å². The second-order valence-electron chi connectivity index (χ2n) is 28.2. The van der Waals surface area contributed by atoms with Gasteiger partial charge in [-0.15, -0.1) is 22.7 Å². The molecule has 0 spiro atoms. The normalized spacial score (nSPS) is 12.1. The molecule has 10 aromatic rings. The van der Waals surface area contributed by atoms with Gasteiger partial charge in [-0.25, -0.2) is 38.9 Å². The smallest absolute Gasteiger partial charge is 0.225 e. The first-order chi connectivity index (χ1) is 57.0. The fourth-order valence-corrected chi connectivity index (χ4v) is 15.0. The van der Waals surface area contributed by atoms with E-state index in [4.69, 9.17) is 50.5 Å². The Labute approximate surface area is 723 Å². The second kappa shape index (κ2) is 50.6. The van der Waals surface area contributed by atoms with E-state index in [9.17, 15) is 38.4 Å². The molecule has 0 aliphatic rings. The molecule has 10 aromatic heterocycles. The molecule has 26 nitrogen and oxygen atoms in total. The van der Waals surface area contributed by atoms with Crippen molar-refractivity contribution in [2.24, 2.45) is 0 Å². The minimum Gasteiger partial charge on any atom is -0.384 e. The summed E-state index contributed by atoms with van der Waals surface area (Å²) < 4.78 is 3.39. The number of thiophene rings is 2. The molecule has 4 atom stereocenters. The summed E-state index contributed by atoms with van der Waals surface area (Å²) in [6, 6.07) is 26.4. The van der Waals surface area contributed by atoms with Crippen molar-refractivity contribution in [3.63, 3.8) is 0 Å². The van der Waals surface area contributed by atoms with E-state index in [-0.39, 0.29) is 62.2 Å². The number of carbonyl (C=O) groups excluding carboxylic acids is 8. The molecule has 0 aliphatic heterocycles. The molecular formula is C88H117Cl3N18O8S2. The van der Waals surface area contributed by atoms with E-state index in [0.717, 1.165) is 99.2 Å². The number of nitrogen functional groups attached to an aromatic ring is 1. The highest BCUT2D eigenvalue weighted by Gasteiger charge is 2.24. The van der Waals surface area contributed by atoms with E-state index in [1.54, 1.807) is 120 Å². The van der Waals surface area contributed by atoms with E-state index in [1.807, 2.05) is 59.6 Å². The minimum absolute atomic E-state index is 0.0142. The van der Waals surface area contributed by atoms with Crippen LogP contribution < -0.4 is 21.7 Å². The summed E-state index contributed by atoms with van der Waals surface area (Å²) in [6.07, 6.45) is 13.5. The van der Waals surface area contributed by atoms with Gasteiger partial charge in [0.15, 0.2) is 34.4 Å². The van der Waals surface area contributed by atoms with Crippen LogP contribution in [-0.2, 0) is 19.2 Å². The van der Waals surface area contributed by atoms with Crippen molar-refractivity contribution in [1.29, 1.82) is 0 Å². The lowest BCUT2D eigenvalue weighted by atomic mass is 10.0. The Morgan fingerprint density at radius 3 is 0.992 bits per heavy atom. The van der Waals surface area contributed by atoms with E-state index < -0.39 is 0 Å². The number of carbonyl (C=O) groups is 8. The Bertz CT molecular complexity index is 4700. The van der Waals surface area contributed by atoms with Crippen LogP contribution in [-0.4, -0.2) is 191 Å². The molecule has 0 aliphatic carbocycles. The molecule has 119 heavy (non-hydrogen) atoms. The van der Waals surface area contributed by atoms with E-state index in [1.165, 1.54) is 0 Å². The van der Waals surface area contributed by atoms with Crippen LogP contribution in [0.2, 0.25) is 10.3 Å². The van der Waals surface area contributed by atoms with Crippen molar-refractivity contribution >= 4 is 138 Å². The zero-order valence-corrected chi connectivity index (χ0v) is 75.5. The summed E-state index contributed by atoms with van der Waals surface area (Å²) in [5.74, 6) is 0.960. The van der Waals surface area contributed by atoms with Crippen molar-refractivity contribution in [3.8, 4) is 43.7 Å². The van der Waals surface area contributed by atoms with Gasteiger partial charge in [0, 0.05) is 110 Å². The first kappa shape index (κ1) is 98.3. The van der Waals surface area contributed by atoms with Gasteiger partial charge < -0.3 is 41.3 Å². The second-order valence-corrected chi connectivity index (χ2v) is 31.3. The molecule has 10 heterocycles. The lowest BCUT2D eigenvalue weighted by Gasteiger charge is -2.26. The number of nitrogens with two attached hydrogens (primary N) is 1. The summed E-state index contributed by atoms with van der Waals surface area (Å²) in [5.41, 5.74) is 13.1. The Kier molecular flexibility index (Phi) is 41.8. The highest BCUT2D eigenvalue weighted by atomic mass is 35.5. The summed E-state index contributed by atoms with van der Waals surface area (Å²) in [5, 5.41) is 21.4. The van der Waals surface area contributed by atoms with Crippen LogP contribution in [0, 0.1) is 0 Å². The number of fused-ring (bicyclic) bond motifs is 2.